The van der Waals surface area contributed by atoms with Crippen LogP contribution in [0, 0.1) is 0 Å². The number of benzene rings is 1. The standard InChI is InChI=1S/C13H16N2O5/c1-8(16)15-10(13(17)18)7-14-9-2-3-11-12(6-9)20-5-4-19-11/h2-3,6,10,14H,4-5,7H2,1H3,(H,15,16)(H,17,18). The number of rotatable bonds is 5. The zero-order chi connectivity index (χ0) is 14.5. The number of carboxylic acid groups (broad SMARTS) is 1. The number of ether oxygens (including phenoxy) is 2. The van der Waals surface area contributed by atoms with E-state index in [0.717, 1.165) is 0 Å². The average Bonchev–Trinajstić information content (AvgIpc) is 2.42. The minimum absolute atomic E-state index is 0.0779. The third-order valence-electron chi connectivity index (χ3n) is 2.73. The fourth-order valence-corrected chi connectivity index (χ4v) is 1.82. The maximum absolute atomic E-state index is 11.0. The SMILES string of the molecule is CC(=O)NC(CNc1ccc2c(c1)OCCO2)C(=O)O. The van der Waals surface area contributed by atoms with Crippen molar-refractivity contribution in [3.63, 3.8) is 0 Å². The van der Waals surface area contributed by atoms with Crippen LogP contribution in [0.15, 0.2) is 18.2 Å². The largest absolute Gasteiger partial charge is 0.486 e. The van der Waals surface area contributed by atoms with E-state index in [9.17, 15) is 9.59 Å². The molecule has 7 heteroatoms. The molecule has 0 fully saturated rings. The number of carbonyl (C=O) groups excluding carboxylic acids is 1. The van der Waals surface area contributed by atoms with Gasteiger partial charge < -0.3 is 25.2 Å². The Balaban J connectivity index is 1.98. The third-order valence-corrected chi connectivity index (χ3v) is 2.73. The smallest absolute Gasteiger partial charge is 0.328 e. The van der Waals surface area contributed by atoms with Crippen molar-refractivity contribution in [3.8, 4) is 11.5 Å². The van der Waals surface area contributed by atoms with Crippen molar-refractivity contribution in [3.05, 3.63) is 18.2 Å². The summed E-state index contributed by atoms with van der Waals surface area (Å²) in [5.41, 5.74) is 0.700. The lowest BCUT2D eigenvalue weighted by atomic mass is 10.2. The summed E-state index contributed by atoms with van der Waals surface area (Å²) < 4.78 is 10.8. The first-order valence-corrected chi connectivity index (χ1v) is 6.19. The van der Waals surface area contributed by atoms with E-state index in [-0.39, 0.29) is 12.5 Å². The van der Waals surface area contributed by atoms with E-state index in [1.54, 1.807) is 18.2 Å². The maximum Gasteiger partial charge on any atom is 0.328 e. The predicted molar refractivity (Wildman–Crippen MR) is 71.2 cm³/mol. The molecule has 1 aromatic carbocycles. The van der Waals surface area contributed by atoms with Gasteiger partial charge in [-0.15, -0.1) is 0 Å². The molecule has 1 aromatic rings. The quantitative estimate of drug-likeness (QED) is 0.725. The van der Waals surface area contributed by atoms with Crippen LogP contribution in [0.3, 0.4) is 0 Å². The molecule has 0 saturated heterocycles. The van der Waals surface area contributed by atoms with Gasteiger partial charge in [-0.1, -0.05) is 0 Å². The van der Waals surface area contributed by atoms with Gasteiger partial charge in [0, 0.05) is 25.2 Å². The molecule has 2 rings (SSSR count). The Labute approximate surface area is 115 Å². The number of carbonyl (C=O) groups is 2. The van der Waals surface area contributed by atoms with Gasteiger partial charge in [-0.3, -0.25) is 4.79 Å². The van der Waals surface area contributed by atoms with Gasteiger partial charge in [-0.05, 0) is 12.1 Å². The zero-order valence-electron chi connectivity index (χ0n) is 11.0. The van der Waals surface area contributed by atoms with Crippen LogP contribution in [-0.2, 0) is 9.59 Å². The average molecular weight is 280 g/mol. The molecule has 108 valence electrons. The molecular weight excluding hydrogens is 264 g/mol. The van der Waals surface area contributed by atoms with Gasteiger partial charge >= 0.3 is 5.97 Å². The minimum atomic E-state index is -1.09. The number of amides is 1. The number of nitrogens with one attached hydrogen (secondary N) is 2. The molecule has 0 aromatic heterocycles. The molecule has 1 aliphatic heterocycles. The Kier molecular flexibility index (Phi) is 4.29. The third kappa shape index (κ3) is 3.53. The fraction of sp³-hybridized carbons (Fsp3) is 0.385. The highest BCUT2D eigenvalue weighted by atomic mass is 16.6. The fourth-order valence-electron chi connectivity index (χ4n) is 1.82. The normalized spacial score (nSPS) is 14.2. The summed E-state index contributed by atoms with van der Waals surface area (Å²) in [6.07, 6.45) is 0. The Bertz CT molecular complexity index is 517. The van der Waals surface area contributed by atoms with Gasteiger partial charge in [0.05, 0.1) is 0 Å². The first kappa shape index (κ1) is 14.0. The monoisotopic (exact) mass is 280 g/mol. The number of fused-ring (bicyclic) bond motifs is 1. The maximum atomic E-state index is 11.0. The molecule has 0 saturated carbocycles. The second-order valence-electron chi connectivity index (χ2n) is 4.33. The summed E-state index contributed by atoms with van der Waals surface area (Å²) in [6.45, 7) is 2.36. The van der Waals surface area contributed by atoms with Crippen molar-refractivity contribution in [2.75, 3.05) is 25.1 Å². The van der Waals surface area contributed by atoms with Gasteiger partial charge in [-0.25, -0.2) is 4.79 Å². The van der Waals surface area contributed by atoms with E-state index in [4.69, 9.17) is 14.6 Å². The molecule has 0 spiro atoms. The van der Waals surface area contributed by atoms with E-state index in [0.29, 0.717) is 30.4 Å². The van der Waals surface area contributed by atoms with Crippen LogP contribution < -0.4 is 20.1 Å². The Morgan fingerprint density at radius 3 is 2.65 bits per heavy atom. The minimum Gasteiger partial charge on any atom is -0.486 e. The molecule has 7 nitrogen and oxygen atoms in total. The van der Waals surface area contributed by atoms with Crippen LogP contribution in [0.25, 0.3) is 0 Å². The molecule has 1 heterocycles. The molecule has 1 unspecified atom stereocenters. The van der Waals surface area contributed by atoms with Crippen LogP contribution in [0.1, 0.15) is 6.92 Å². The lowest BCUT2D eigenvalue weighted by molar-refractivity contribution is -0.141. The van der Waals surface area contributed by atoms with Gasteiger partial charge in [0.1, 0.15) is 19.3 Å². The Morgan fingerprint density at radius 2 is 2.00 bits per heavy atom. The van der Waals surface area contributed by atoms with Gasteiger partial charge in [-0.2, -0.15) is 0 Å². The first-order valence-electron chi connectivity index (χ1n) is 6.19. The second-order valence-corrected chi connectivity index (χ2v) is 4.33. The summed E-state index contributed by atoms with van der Waals surface area (Å²) in [5.74, 6) is -0.197. The Morgan fingerprint density at radius 1 is 1.30 bits per heavy atom. The van der Waals surface area contributed by atoms with Crippen LogP contribution in [0.5, 0.6) is 11.5 Å². The summed E-state index contributed by atoms with van der Waals surface area (Å²) >= 11 is 0. The lowest BCUT2D eigenvalue weighted by Crippen LogP contribution is -2.44. The summed E-state index contributed by atoms with van der Waals surface area (Å²) in [4.78, 5) is 21.9. The first-order chi connectivity index (χ1) is 9.56. The highest BCUT2D eigenvalue weighted by Gasteiger charge is 2.18. The van der Waals surface area contributed by atoms with E-state index < -0.39 is 12.0 Å². The molecule has 1 amide bonds. The number of aliphatic carboxylic acids is 1. The van der Waals surface area contributed by atoms with Crippen molar-refractivity contribution in [1.29, 1.82) is 0 Å². The van der Waals surface area contributed by atoms with Crippen LogP contribution in [0.2, 0.25) is 0 Å². The second kappa shape index (κ2) is 6.14. The van der Waals surface area contributed by atoms with Crippen LogP contribution in [0.4, 0.5) is 5.69 Å². The van der Waals surface area contributed by atoms with E-state index in [1.807, 2.05) is 0 Å². The van der Waals surface area contributed by atoms with Crippen molar-refractivity contribution >= 4 is 17.6 Å². The summed E-state index contributed by atoms with van der Waals surface area (Å²) in [5, 5.41) is 14.3. The van der Waals surface area contributed by atoms with Gasteiger partial charge in [0.2, 0.25) is 5.91 Å². The van der Waals surface area contributed by atoms with Crippen LogP contribution in [-0.4, -0.2) is 42.8 Å². The highest BCUT2D eigenvalue weighted by Crippen LogP contribution is 2.32. The van der Waals surface area contributed by atoms with E-state index >= 15 is 0 Å². The zero-order valence-corrected chi connectivity index (χ0v) is 11.0. The molecular formula is C13H16N2O5. The van der Waals surface area contributed by atoms with E-state index in [1.165, 1.54) is 6.92 Å². The summed E-state index contributed by atoms with van der Waals surface area (Å²) in [7, 11) is 0. The predicted octanol–water partition coefficient (Wildman–Crippen LogP) is 0.459. The number of carboxylic acids is 1. The molecule has 20 heavy (non-hydrogen) atoms. The van der Waals surface area contributed by atoms with Crippen molar-refractivity contribution in [2.24, 2.45) is 0 Å². The molecule has 1 atom stereocenters. The molecule has 0 radical (unpaired) electrons. The molecule has 0 bridgehead atoms. The van der Waals surface area contributed by atoms with Crippen molar-refractivity contribution in [2.45, 2.75) is 13.0 Å². The number of anilines is 1. The topological polar surface area (TPSA) is 96.9 Å². The molecule has 3 N–H and O–H groups in total. The molecule has 1 aliphatic rings. The molecule has 0 aliphatic carbocycles. The van der Waals surface area contributed by atoms with Gasteiger partial charge in [0.15, 0.2) is 11.5 Å². The van der Waals surface area contributed by atoms with Crippen molar-refractivity contribution in [1.82, 2.24) is 5.32 Å². The van der Waals surface area contributed by atoms with Gasteiger partial charge in [0.25, 0.3) is 0 Å². The van der Waals surface area contributed by atoms with E-state index in [2.05, 4.69) is 10.6 Å². The lowest BCUT2D eigenvalue weighted by Gasteiger charge is -2.20. The Hall–Kier alpha value is -2.44. The highest BCUT2D eigenvalue weighted by molar-refractivity contribution is 5.82. The number of hydrogen-bond donors (Lipinski definition) is 3. The number of hydrogen-bond acceptors (Lipinski definition) is 5. The van der Waals surface area contributed by atoms with Crippen molar-refractivity contribution < 1.29 is 24.2 Å². The van der Waals surface area contributed by atoms with Crippen LogP contribution >= 0.6 is 0 Å². The summed E-state index contributed by atoms with van der Waals surface area (Å²) in [6, 6.07) is 4.27.